The molecule has 2 heterocycles. The van der Waals surface area contributed by atoms with Crippen LogP contribution in [0.1, 0.15) is 31.9 Å². The van der Waals surface area contributed by atoms with Crippen molar-refractivity contribution in [3.05, 3.63) is 46.7 Å². The lowest BCUT2D eigenvalue weighted by atomic mass is 10.2. The molecule has 1 fully saturated rings. The van der Waals surface area contributed by atoms with E-state index < -0.39 is 22.5 Å². The molecule has 0 aliphatic carbocycles. The van der Waals surface area contributed by atoms with Crippen LogP contribution in [0.15, 0.2) is 30.5 Å². The molecule has 0 spiro atoms. The van der Waals surface area contributed by atoms with Gasteiger partial charge in [0.1, 0.15) is 16.3 Å². The number of aromatic nitrogens is 2. The van der Waals surface area contributed by atoms with Crippen LogP contribution in [-0.2, 0) is 17.5 Å². The number of amides is 1. The standard InChI is InChI=1S/C21H25ClF3N5O2/c1-20(2,3)32-19(31)30-10-8-29(9-11-30)13-14-4-6-15(7-5-14)27-18-26-12-16(17(22)28-18)21(23,24)25/h4-7,12H,8-11,13H2,1-3H3,(H,26,27,28). The lowest BCUT2D eigenvalue weighted by molar-refractivity contribution is -0.137. The summed E-state index contributed by atoms with van der Waals surface area (Å²) >= 11 is 5.63. The van der Waals surface area contributed by atoms with Crippen LogP contribution in [0, 0.1) is 0 Å². The second-order valence-electron chi connectivity index (χ2n) is 8.46. The predicted octanol–water partition coefficient (Wildman–Crippen LogP) is 4.95. The van der Waals surface area contributed by atoms with Gasteiger partial charge in [-0.3, -0.25) is 4.90 Å². The van der Waals surface area contributed by atoms with E-state index in [1.807, 2.05) is 32.9 Å². The number of hydrogen-bond acceptors (Lipinski definition) is 6. The first-order valence-corrected chi connectivity index (χ1v) is 10.4. The minimum absolute atomic E-state index is 0.0194. The number of halogens is 4. The van der Waals surface area contributed by atoms with Gasteiger partial charge in [0.15, 0.2) is 0 Å². The second-order valence-corrected chi connectivity index (χ2v) is 8.82. The number of rotatable bonds is 4. The molecule has 1 aliphatic heterocycles. The van der Waals surface area contributed by atoms with E-state index >= 15 is 0 Å². The number of carbonyl (C=O) groups is 1. The largest absolute Gasteiger partial charge is 0.444 e. The SMILES string of the molecule is CC(C)(C)OC(=O)N1CCN(Cc2ccc(Nc3ncc(C(F)(F)F)c(Cl)n3)cc2)CC1. The van der Waals surface area contributed by atoms with Crippen LogP contribution in [0.3, 0.4) is 0 Å². The maximum Gasteiger partial charge on any atom is 0.420 e. The van der Waals surface area contributed by atoms with Crippen molar-refractivity contribution >= 4 is 29.3 Å². The van der Waals surface area contributed by atoms with Crippen molar-refractivity contribution in [2.45, 2.75) is 39.1 Å². The van der Waals surface area contributed by atoms with Crippen LogP contribution in [0.25, 0.3) is 0 Å². The van der Waals surface area contributed by atoms with Gasteiger partial charge in [-0.05, 0) is 38.5 Å². The fraction of sp³-hybridized carbons (Fsp3) is 0.476. The molecule has 0 bridgehead atoms. The zero-order valence-corrected chi connectivity index (χ0v) is 18.8. The molecule has 1 saturated heterocycles. The first-order chi connectivity index (χ1) is 14.9. The molecular formula is C21H25ClF3N5O2. The first kappa shape index (κ1) is 24.1. The van der Waals surface area contributed by atoms with Crippen molar-refractivity contribution < 1.29 is 22.7 Å². The lowest BCUT2D eigenvalue weighted by Crippen LogP contribution is -2.49. The minimum atomic E-state index is -4.60. The molecule has 7 nitrogen and oxygen atoms in total. The van der Waals surface area contributed by atoms with Gasteiger partial charge in [0.2, 0.25) is 5.95 Å². The van der Waals surface area contributed by atoms with Gasteiger partial charge in [-0.1, -0.05) is 23.7 Å². The Bertz CT molecular complexity index is 940. The van der Waals surface area contributed by atoms with Crippen molar-refractivity contribution in [3.63, 3.8) is 0 Å². The minimum Gasteiger partial charge on any atom is -0.444 e. The summed E-state index contributed by atoms with van der Waals surface area (Å²) < 4.78 is 43.7. The molecule has 2 aromatic rings. The van der Waals surface area contributed by atoms with Gasteiger partial charge in [0.05, 0.1) is 0 Å². The molecule has 0 radical (unpaired) electrons. The summed E-state index contributed by atoms with van der Waals surface area (Å²) in [6.07, 6.45) is -4.24. The van der Waals surface area contributed by atoms with Crippen LogP contribution in [0.2, 0.25) is 5.15 Å². The third-order valence-corrected chi connectivity index (χ3v) is 4.98. The number of carbonyl (C=O) groups excluding carboxylic acids is 1. The van der Waals surface area contributed by atoms with Gasteiger partial charge >= 0.3 is 12.3 Å². The van der Waals surface area contributed by atoms with Crippen LogP contribution in [0.4, 0.5) is 29.6 Å². The normalized spacial score (nSPS) is 15.5. The van der Waals surface area contributed by atoms with E-state index in [2.05, 4.69) is 20.2 Å². The highest BCUT2D eigenvalue weighted by molar-refractivity contribution is 6.30. The number of nitrogens with one attached hydrogen (secondary N) is 1. The third kappa shape index (κ3) is 6.70. The van der Waals surface area contributed by atoms with Gasteiger partial charge in [-0.2, -0.15) is 13.2 Å². The highest BCUT2D eigenvalue weighted by Crippen LogP contribution is 2.33. The average molecular weight is 472 g/mol. The van der Waals surface area contributed by atoms with Crippen molar-refractivity contribution in [3.8, 4) is 0 Å². The first-order valence-electron chi connectivity index (χ1n) is 10.1. The van der Waals surface area contributed by atoms with Gasteiger partial charge < -0.3 is 15.0 Å². The quantitative estimate of drug-likeness (QED) is 0.636. The molecule has 174 valence electrons. The average Bonchev–Trinajstić information content (AvgIpc) is 2.68. The van der Waals surface area contributed by atoms with Crippen LogP contribution < -0.4 is 5.32 Å². The summed E-state index contributed by atoms with van der Waals surface area (Å²) in [5.41, 5.74) is 0.0968. The number of piperazine rings is 1. The Labute approximate surface area is 189 Å². The lowest BCUT2D eigenvalue weighted by Gasteiger charge is -2.35. The molecule has 1 N–H and O–H groups in total. The van der Waals surface area contributed by atoms with Crippen LogP contribution in [-0.4, -0.2) is 57.6 Å². The number of anilines is 2. The van der Waals surface area contributed by atoms with Gasteiger partial charge in [0.25, 0.3) is 0 Å². The molecule has 1 aromatic carbocycles. The Morgan fingerprint density at radius 3 is 2.28 bits per heavy atom. The van der Waals surface area contributed by atoms with Crippen molar-refractivity contribution in [1.29, 1.82) is 0 Å². The number of nitrogens with zero attached hydrogens (tertiary/aromatic N) is 4. The summed E-state index contributed by atoms with van der Waals surface area (Å²) in [7, 11) is 0. The smallest absolute Gasteiger partial charge is 0.420 e. The third-order valence-electron chi connectivity index (χ3n) is 4.69. The highest BCUT2D eigenvalue weighted by atomic mass is 35.5. The number of alkyl halides is 3. The zero-order valence-electron chi connectivity index (χ0n) is 18.0. The number of ether oxygens (including phenoxy) is 1. The summed E-state index contributed by atoms with van der Waals surface area (Å²) in [6.45, 7) is 8.91. The monoisotopic (exact) mass is 471 g/mol. The topological polar surface area (TPSA) is 70.6 Å². The number of hydrogen-bond donors (Lipinski definition) is 1. The number of benzene rings is 1. The summed E-state index contributed by atoms with van der Waals surface area (Å²) in [5.74, 6) is -0.0194. The van der Waals surface area contributed by atoms with E-state index in [1.165, 1.54) is 0 Å². The molecule has 1 aliphatic rings. The summed E-state index contributed by atoms with van der Waals surface area (Å²) in [4.78, 5) is 23.5. The molecule has 0 atom stereocenters. The van der Waals surface area contributed by atoms with Gasteiger partial charge in [-0.15, -0.1) is 0 Å². The van der Waals surface area contributed by atoms with Crippen molar-refractivity contribution in [1.82, 2.24) is 19.8 Å². The van der Waals surface area contributed by atoms with Gasteiger partial charge in [0, 0.05) is 44.6 Å². The Morgan fingerprint density at radius 2 is 1.75 bits per heavy atom. The zero-order chi connectivity index (χ0) is 23.5. The Morgan fingerprint density at radius 1 is 1.12 bits per heavy atom. The van der Waals surface area contributed by atoms with Crippen molar-refractivity contribution in [2.75, 3.05) is 31.5 Å². The predicted molar refractivity (Wildman–Crippen MR) is 115 cm³/mol. The summed E-state index contributed by atoms with van der Waals surface area (Å²) in [5, 5.41) is 2.19. The molecular weight excluding hydrogens is 447 g/mol. The molecule has 0 unspecified atom stereocenters. The Hall–Kier alpha value is -2.59. The van der Waals surface area contributed by atoms with E-state index in [0.717, 1.165) is 18.7 Å². The Kier molecular flexibility index (Phi) is 7.14. The fourth-order valence-corrected chi connectivity index (χ4v) is 3.34. The highest BCUT2D eigenvalue weighted by Gasteiger charge is 2.34. The van der Waals surface area contributed by atoms with E-state index in [4.69, 9.17) is 16.3 Å². The molecule has 1 amide bonds. The Balaban J connectivity index is 1.51. The van der Waals surface area contributed by atoms with Crippen molar-refractivity contribution in [2.24, 2.45) is 0 Å². The van der Waals surface area contributed by atoms with E-state index in [1.54, 1.807) is 17.0 Å². The van der Waals surface area contributed by atoms with E-state index in [0.29, 0.717) is 31.5 Å². The fourth-order valence-electron chi connectivity index (χ4n) is 3.11. The molecule has 3 rings (SSSR count). The maximum atomic E-state index is 12.8. The molecule has 32 heavy (non-hydrogen) atoms. The van der Waals surface area contributed by atoms with E-state index in [9.17, 15) is 18.0 Å². The molecule has 0 saturated carbocycles. The van der Waals surface area contributed by atoms with E-state index in [-0.39, 0.29) is 12.0 Å². The maximum absolute atomic E-state index is 12.8. The molecule has 11 heteroatoms. The second kappa shape index (κ2) is 9.50. The van der Waals surface area contributed by atoms with Gasteiger partial charge in [-0.25, -0.2) is 14.8 Å². The summed E-state index contributed by atoms with van der Waals surface area (Å²) in [6, 6.07) is 7.41. The molecule has 1 aromatic heterocycles. The van der Waals surface area contributed by atoms with Crippen LogP contribution in [0.5, 0.6) is 0 Å². The van der Waals surface area contributed by atoms with Crippen LogP contribution >= 0.6 is 11.6 Å².